The Labute approximate surface area is 109 Å². The summed E-state index contributed by atoms with van der Waals surface area (Å²) in [5, 5.41) is 0. The summed E-state index contributed by atoms with van der Waals surface area (Å²) in [6.45, 7) is 0. The molecular weight excluding hydrogens is 284 g/mol. The van der Waals surface area contributed by atoms with Gasteiger partial charge in [-0.05, 0) is 36.5 Å². The molecule has 1 heterocycles. The van der Waals surface area contributed by atoms with E-state index in [1.54, 1.807) is 0 Å². The second kappa shape index (κ2) is 4.61. The van der Waals surface area contributed by atoms with E-state index in [1.807, 2.05) is 4.98 Å². The van der Waals surface area contributed by atoms with E-state index in [0.29, 0.717) is 6.07 Å². The average Bonchev–Trinajstić information content (AvgIpc) is 2.29. The van der Waals surface area contributed by atoms with Crippen molar-refractivity contribution >= 4 is 12.2 Å². The van der Waals surface area contributed by atoms with Crippen molar-refractivity contribution in [2.75, 3.05) is 0 Å². The van der Waals surface area contributed by atoms with Crippen LogP contribution >= 0.6 is 12.2 Å². The van der Waals surface area contributed by atoms with E-state index in [0.717, 1.165) is 16.7 Å². The van der Waals surface area contributed by atoms with Crippen molar-refractivity contribution in [3.8, 4) is 5.69 Å². The first kappa shape index (κ1) is 13.5. The third-order valence-electron chi connectivity index (χ3n) is 2.32. The topological polar surface area (TPSA) is 37.8 Å². The molecule has 0 aliphatic rings. The summed E-state index contributed by atoms with van der Waals surface area (Å²) < 4.78 is 50.6. The number of nitrogens with one attached hydrogen (secondary N) is 1. The number of hydrogen-bond acceptors (Lipinski definition) is 2. The van der Waals surface area contributed by atoms with Gasteiger partial charge in [-0.15, -0.1) is 0 Å². The normalized spacial score (nSPS) is 11.6. The lowest BCUT2D eigenvalue weighted by molar-refractivity contribution is -0.141. The molecule has 1 N–H and O–H groups in total. The molecule has 0 spiro atoms. The van der Waals surface area contributed by atoms with Gasteiger partial charge in [0.1, 0.15) is 11.5 Å². The summed E-state index contributed by atoms with van der Waals surface area (Å²) in [7, 11) is 0. The zero-order chi connectivity index (χ0) is 14.2. The van der Waals surface area contributed by atoms with Crippen LogP contribution in [0.4, 0.5) is 17.6 Å². The maximum absolute atomic E-state index is 12.8. The molecule has 2 aromatic rings. The highest BCUT2D eigenvalue weighted by molar-refractivity contribution is 7.71. The van der Waals surface area contributed by atoms with Gasteiger partial charge in [-0.3, -0.25) is 9.36 Å². The van der Waals surface area contributed by atoms with Gasteiger partial charge in [0.2, 0.25) is 0 Å². The van der Waals surface area contributed by atoms with Crippen molar-refractivity contribution in [2.24, 2.45) is 0 Å². The van der Waals surface area contributed by atoms with Crippen LogP contribution in [0, 0.1) is 10.6 Å². The Bertz CT molecular complexity index is 684. The molecule has 1 aromatic carbocycles. The smallest absolute Gasteiger partial charge is 0.328 e. The molecule has 2 rings (SSSR count). The van der Waals surface area contributed by atoms with Gasteiger partial charge < -0.3 is 4.98 Å². The lowest BCUT2D eigenvalue weighted by Crippen LogP contribution is -2.23. The standard InChI is InChI=1S/C11H6F4N2OS/c12-6-1-3-7(4-2-6)17-9(18)5-8(11(13,14)15)16-10(17)19/h1-5H,(H,16,19). The third-order valence-corrected chi connectivity index (χ3v) is 2.61. The molecule has 1 aromatic heterocycles. The first-order valence-electron chi connectivity index (χ1n) is 4.98. The van der Waals surface area contributed by atoms with Crippen LogP contribution in [0.25, 0.3) is 5.69 Å². The highest BCUT2D eigenvalue weighted by Gasteiger charge is 2.32. The number of H-pyrrole nitrogens is 1. The number of nitrogens with zero attached hydrogens (tertiary/aromatic N) is 1. The quantitative estimate of drug-likeness (QED) is 0.647. The second-order valence-corrected chi connectivity index (χ2v) is 4.02. The molecule has 19 heavy (non-hydrogen) atoms. The van der Waals surface area contributed by atoms with E-state index in [1.165, 1.54) is 12.1 Å². The average molecular weight is 290 g/mol. The Balaban J connectivity index is 2.64. The van der Waals surface area contributed by atoms with Crippen molar-refractivity contribution in [3.63, 3.8) is 0 Å². The van der Waals surface area contributed by atoms with Crippen molar-refractivity contribution < 1.29 is 17.6 Å². The van der Waals surface area contributed by atoms with E-state index in [4.69, 9.17) is 12.2 Å². The monoisotopic (exact) mass is 290 g/mol. The van der Waals surface area contributed by atoms with Crippen LogP contribution in [0.2, 0.25) is 0 Å². The van der Waals surface area contributed by atoms with Gasteiger partial charge in [-0.1, -0.05) is 0 Å². The number of alkyl halides is 3. The van der Waals surface area contributed by atoms with Crippen molar-refractivity contribution in [1.29, 1.82) is 0 Å². The van der Waals surface area contributed by atoms with Crippen LogP contribution in [-0.4, -0.2) is 9.55 Å². The Morgan fingerprint density at radius 3 is 2.21 bits per heavy atom. The zero-order valence-electron chi connectivity index (χ0n) is 9.16. The van der Waals surface area contributed by atoms with E-state index >= 15 is 0 Å². The minimum atomic E-state index is -4.69. The molecular formula is C11H6F4N2OS. The summed E-state index contributed by atoms with van der Waals surface area (Å²) in [6, 6.07) is 5.04. The Morgan fingerprint density at radius 2 is 1.74 bits per heavy atom. The fourth-order valence-electron chi connectivity index (χ4n) is 1.48. The summed E-state index contributed by atoms with van der Waals surface area (Å²) in [5.41, 5.74) is -1.98. The molecule has 0 saturated carbocycles. The van der Waals surface area contributed by atoms with E-state index in [-0.39, 0.29) is 5.69 Å². The molecule has 100 valence electrons. The third kappa shape index (κ3) is 2.73. The number of aromatic amines is 1. The van der Waals surface area contributed by atoms with Gasteiger partial charge in [0.05, 0.1) is 5.69 Å². The molecule has 8 heteroatoms. The highest BCUT2D eigenvalue weighted by atomic mass is 32.1. The Morgan fingerprint density at radius 1 is 1.16 bits per heavy atom. The van der Waals surface area contributed by atoms with Gasteiger partial charge in [-0.2, -0.15) is 13.2 Å². The fourth-order valence-corrected chi connectivity index (χ4v) is 1.79. The molecule has 0 radical (unpaired) electrons. The molecule has 0 saturated heterocycles. The van der Waals surface area contributed by atoms with Crippen LogP contribution in [0.1, 0.15) is 5.69 Å². The van der Waals surface area contributed by atoms with Gasteiger partial charge in [-0.25, -0.2) is 4.39 Å². The van der Waals surface area contributed by atoms with E-state index in [9.17, 15) is 22.4 Å². The van der Waals surface area contributed by atoms with Gasteiger partial charge >= 0.3 is 6.18 Å². The van der Waals surface area contributed by atoms with E-state index < -0.39 is 28.0 Å². The lowest BCUT2D eigenvalue weighted by Gasteiger charge is -2.10. The molecule has 0 bridgehead atoms. The highest BCUT2D eigenvalue weighted by Crippen LogP contribution is 2.26. The van der Waals surface area contributed by atoms with E-state index in [2.05, 4.69) is 0 Å². The number of hydrogen-bond donors (Lipinski definition) is 1. The van der Waals surface area contributed by atoms with Gasteiger partial charge in [0.15, 0.2) is 4.77 Å². The van der Waals surface area contributed by atoms with Crippen molar-refractivity contribution in [3.05, 3.63) is 57.0 Å². The molecule has 0 unspecified atom stereocenters. The van der Waals surface area contributed by atoms with Gasteiger partial charge in [0.25, 0.3) is 5.56 Å². The first-order chi connectivity index (χ1) is 8.79. The van der Waals surface area contributed by atoms with Crippen LogP contribution in [-0.2, 0) is 6.18 Å². The SMILES string of the molecule is O=c1cc(C(F)(F)F)[nH]c(=S)n1-c1ccc(F)cc1. The lowest BCUT2D eigenvalue weighted by atomic mass is 10.3. The number of benzene rings is 1. The van der Waals surface area contributed by atoms with Crippen molar-refractivity contribution in [1.82, 2.24) is 9.55 Å². The van der Waals surface area contributed by atoms with Crippen LogP contribution in [0.5, 0.6) is 0 Å². The largest absolute Gasteiger partial charge is 0.431 e. The molecule has 0 aliphatic heterocycles. The summed E-state index contributed by atoms with van der Waals surface area (Å²) in [4.78, 5) is 13.6. The zero-order valence-corrected chi connectivity index (χ0v) is 9.98. The van der Waals surface area contributed by atoms with Crippen LogP contribution < -0.4 is 5.56 Å². The Hall–Kier alpha value is -1.96. The minimum Gasteiger partial charge on any atom is -0.328 e. The molecule has 0 atom stereocenters. The summed E-state index contributed by atoms with van der Waals surface area (Å²) in [6.07, 6.45) is -4.69. The van der Waals surface area contributed by atoms with Crippen LogP contribution in [0.15, 0.2) is 35.1 Å². The predicted molar refractivity (Wildman–Crippen MR) is 62.2 cm³/mol. The number of aromatic nitrogens is 2. The number of halogens is 4. The predicted octanol–water partition coefficient (Wildman–Crippen LogP) is 3.05. The molecule has 0 fully saturated rings. The number of rotatable bonds is 1. The Kier molecular flexibility index (Phi) is 3.27. The summed E-state index contributed by atoms with van der Waals surface area (Å²) in [5.74, 6) is -0.529. The fraction of sp³-hybridized carbons (Fsp3) is 0.0909. The van der Waals surface area contributed by atoms with Gasteiger partial charge in [0, 0.05) is 6.07 Å². The molecule has 0 amide bonds. The van der Waals surface area contributed by atoms with Crippen molar-refractivity contribution in [2.45, 2.75) is 6.18 Å². The molecule has 0 aliphatic carbocycles. The summed E-state index contributed by atoms with van der Waals surface area (Å²) >= 11 is 4.72. The van der Waals surface area contributed by atoms with Crippen LogP contribution in [0.3, 0.4) is 0 Å². The second-order valence-electron chi connectivity index (χ2n) is 3.64. The molecule has 3 nitrogen and oxygen atoms in total. The maximum atomic E-state index is 12.8. The maximum Gasteiger partial charge on any atom is 0.431 e. The minimum absolute atomic E-state index is 0.182. The first-order valence-corrected chi connectivity index (χ1v) is 5.39.